The Bertz CT molecular complexity index is 1320. The second-order valence-electron chi connectivity index (χ2n) is 7.86. The van der Waals surface area contributed by atoms with Gasteiger partial charge in [0, 0.05) is 18.3 Å². The number of unbranched alkanes of at least 4 members (excludes halogenated alkanes) is 1. The number of aryl methyl sites for hydroxylation is 1. The van der Waals surface area contributed by atoms with Crippen LogP contribution in [0.3, 0.4) is 0 Å². The Morgan fingerprint density at radius 3 is 2.76 bits per heavy atom. The van der Waals surface area contributed by atoms with E-state index in [9.17, 15) is 14.4 Å². The van der Waals surface area contributed by atoms with Gasteiger partial charge in [-0.1, -0.05) is 19.4 Å². The fraction of sp³-hybridized carbons (Fsp3) is 0.280. The van der Waals surface area contributed by atoms with Crippen molar-refractivity contribution < 1.29 is 14.3 Å². The Hall–Kier alpha value is -3.94. The van der Waals surface area contributed by atoms with E-state index in [2.05, 4.69) is 17.2 Å². The monoisotopic (exact) mass is 446 g/mol. The lowest BCUT2D eigenvalue weighted by Crippen LogP contribution is -2.20. The highest BCUT2D eigenvalue weighted by atomic mass is 16.5. The number of amides is 1. The number of carbonyl (C=O) groups is 2. The van der Waals surface area contributed by atoms with Crippen LogP contribution in [0.5, 0.6) is 0 Å². The highest BCUT2D eigenvalue weighted by Crippen LogP contribution is 2.34. The summed E-state index contributed by atoms with van der Waals surface area (Å²) in [5.41, 5.74) is 4.19. The SMILES string of the molecule is CCCCn1c(-c2ccc3c(n2)/C(=C/c2[nH]c(C)cc2C(=O)OCC)C(=O)N3)cccc1=O. The minimum Gasteiger partial charge on any atom is -0.462 e. The van der Waals surface area contributed by atoms with E-state index in [0.717, 1.165) is 18.5 Å². The molecule has 0 saturated heterocycles. The number of aromatic amines is 1. The highest BCUT2D eigenvalue weighted by molar-refractivity contribution is 6.34. The Balaban J connectivity index is 1.80. The zero-order chi connectivity index (χ0) is 23.5. The smallest absolute Gasteiger partial charge is 0.340 e. The summed E-state index contributed by atoms with van der Waals surface area (Å²) in [6.45, 7) is 6.49. The van der Waals surface area contributed by atoms with E-state index in [1.807, 2.05) is 13.0 Å². The number of carbonyl (C=O) groups excluding carboxylic acids is 2. The molecule has 0 aromatic carbocycles. The number of esters is 1. The van der Waals surface area contributed by atoms with E-state index in [4.69, 9.17) is 9.72 Å². The van der Waals surface area contributed by atoms with Crippen molar-refractivity contribution in [2.45, 2.75) is 40.2 Å². The van der Waals surface area contributed by atoms with Crippen LogP contribution in [0.2, 0.25) is 0 Å². The van der Waals surface area contributed by atoms with Gasteiger partial charge in [-0.05, 0) is 50.6 Å². The van der Waals surface area contributed by atoms with Gasteiger partial charge in [-0.25, -0.2) is 9.78 Å². The van der Waals surface area contributed by atoms with Gasteiger partial charge in [0.1, 0.15) is 5.69 Å². The number of rotatable bonds is 7. The lowest BCUT2D eigenvalue weighted by molar-refractivity contribution is -0.110. The van der Waals surface area contributed by atoms with Crippen LogP contribution in [0.25, 0.3) is 23.0 Å². The number of ether oxygens (including phenoxy) is 1. The average molecular weight is 447 g/mol. The second-order valence-corrected chi connectivity index (χ2v) is 7.86. The highest BCUT2D eigenvalue weighted by Gasteiger charge is 2.28. The number of anilines is 1. The zero-order valence-corrected chi connectivity index (χ0v) is 18.9. The largest absolute Gasteiger partial charge is 0.462 e. The molecule has 4 heterocycles. The first kappa shape index (κ1) is 22.3. The fourth-order valence-corrected chi connectivity index (χ4v) is 3.88. The van der Waals surface area contributed by atoms with E-state index in [1.165, 1.54) is 6.07 Å². The number of nitrogens with zero attached hydrogens (tertiary/aromatic N) is 2. The van der Waals surface area contributed by atoms with Gasteiger partial charge in [0.2, 0.25) is 0 Å². The van der Waals surface area contributed by atoms with Crippen LogP contribution >= 0.6 is 0 Å². The maximum absolute atomic E-state index is 12.8. The topological polar surface area (TPSA) is 106 Å². The average Bonchev–Trinajstić information content (AvgIpc) is 3.32. The molecule has 4 rings (SSSR count). The molecule has 0 bridgehead atoms. The van der Waals surface area contributed by atoms with Gasteiger partial charge in [0.25, 0.3) is 11.5 Å². The molecule has 0 unspecified atom stereocenters. The van der Waals surface area contributed by atoms with Crippen LogP contribution in [0.1, 0.15) is 54.1 Å². The molecule has 1 aliphatic rings. The molecule has 0 atom stereocenters. The van der Waals surface area contributed by atoms with Gasteiger partial charge in [0.15, 0.2) is 0 Å². The summed E-state index contributed by atoms with van der Waals surface area (Å²) in [5.74, 6) is -0.772. The Labute approximate surface area is 191 Å². The normalized spacial score (nSPS) is 13.8. The Morgan fingerprint density at radius 2 is 2.00 bits per heavy atom. The molecule has 2 N–H and O–H groups in total. The van der Waals surface area contributed by atoms with Crippen LogP contribution in [0, 0.1) is 6.92 Å². The van der Waals surface area contributed by atoms with Crippen LogP contribution < -0.4 is 10.9 Å². The number of hydrogen-bond acceptors (Lipinski definition) is 5. The first-order chi connectivity index (χ1) is 15.9. The third-order valence-electron chi connectivity index (χ3n) is 5.46. The number of hydrogen-bond donors (Lipinski definition) is 2. The van der Waals surface area contributed by atoms with Crippen LogP contribution in [-0.4, -0.2) is 33.0 Å². The van der Waals surface area contributed by atoms with E-state index < -0.39 is 5.97 Å². The Kier molecular flexibility index (Phi) is 6.26. The summed E-state index contributed by atoms with van der Waals surface area (Å²) >= 11 is 0. The molecule has 8 heteroatoms. The minimum absolute atomic E-state index is 0.0887. The van der Waals surface area contributed by atoms with E-state index in [-0.39, 0.29) is 18.1 Å². The molecule has 0 fully saturated rings. The van der Waals surface area contributed by atoms with Crippen molar-refractivity contribution in [2.24, 2.45) is 0 Å². The minimum atomic E-state index is -0.460. The first-order valence-corrected chi connectivity index (χ1v) is 11.0. The molecule has 0 aliphatic carbocycles. The maximum Gasteiger partial charge on any atom is 0.340 e. The zero-order valence-electron chi connectivity index (χ0n) is 18.9. The third kappa shape index (κ3) is 4.37. The molecule has 0 radical (unpaired) electrons. The summed E-state index contributed by atoms with van der Waals surface area (Å²) in [4.78, 5) is 45.4. The number of fused-ring (bicyclic) bond motifs is 1. The lowest BCUT2D eigenvalue weighted by Gasteiger charge is -2.12. The standard InChI is InChI=1S/C25H26N4O4/c1-4-6-12-29-21(8-7-9-22(29)30)18-10-11-19-23(27-18)17(24(31)28-19)14-20-16(13-15(3)26-20)25(32)33-5-2/h7-11,13-14,26H,4-6,12H2,1-3H3,(H,28,31)/b17-14-. The second kappa shape index (κ2) is 9.28. The fourth-order valence-electron chi connectivity index (χ4n) is 3.88. The summed E-state index contributed by atoms with van der Waals surface area (Å²) in [6, 6.07) is 10.4. The van der Waals surface area contributed by atoms with Crippen LogP contribution in [-0.2, 0) is 16.1 Å². The van der Waals surface area contributed by atoms with Gasteiger partial charge < -0.3 is 19.6 Å². The van der Waals surface area contributed by atoms with Gasteiger partial charge in [-0.15, -0.1) is 0 Å². The van der Waals surface area contributed by atoms with Crippen molar-refractivity contribution in [3.05, 3.63) is 69.4 Å². The van der Waals surface area contributed by atoms with Crippen molar-refractivity contribution in [1.29, 1.82) is 0 Å². The molecule has 3 aromatic heterocycles. The van der Waals surface area contributed by atoms with Crippen molar-refractivity contribution in [2.75, 3.05) is 11.9 Å². The van der Waals surface area contributed by atoms with Crippen LogP contribution in [0.4, 0.5) is 5.69 Å². The molecule has 8 nitrogen and oxygen atoms in total. The number of aromatic nitrogens is 3. The van der Waals surface area contributed by atoms with E-state index in [0.29, 0.717) is 46.1 Å². The van der Waals surface area contributed by atoms with Gasteiger partial charge >= 0.3 is 5.97 Å². The van der Waals surface area contributed by atoms with Gasteiger partial charge in [-0.3, -0.25) is 9.59 Å². The summed E-state index contributed by atoms with van der Waals surface area (Å²) < 4.78 is 6.85. The van der Waals surface area contributed by atoms with Crippen molar-refractivity contribution in [1.82, 2.24) is 14.5 Å². The molecular weight excluding hydrogens is 420 g/mol. The van der Waals surface area contributed by atoms with Gasteiger partial charge in [0.05, 0.1) is 40.5 Å². The molecule has 0 spiro atoms. The maximum atomic E-state index is 12.8. The van der Waals surface area contributed by atoms with E-state index >= 15 is 0 Å². The Morgan fingerprint density at radius 1 is 1.18 bits per heavy atom. The predicted molar refractivity (Wildman–Crippen MR) is 127 cm³/mol. The molecule has 170 valence electrons. The first-order valence-electron chi connectivity index (χ1n) is 11.0. The predicted octanol–water partition coefficient (Wildman–Crippen LogP) is 4.02. The summed E-state index contributed by atoms with van der Waals surface area (Å²) in [6.07, 6.45) is 3.45. The third-order valence-corrected chi connectivity index (χ3v) is 5.46. The summed E-state index contributed by atoms with van der Waals surface area (Å²) in [5, 5.41) is 2.82. The number of pyridine rings is 2. The summed E-state index contributed by atoms with van der Waals surface area (Å²) in [7, 11) is 0. The molecule has 3 aromatic rings. The van der Waals surface area contributed by atoms with Gasteiger partial charge in [-0.2, -0.15) is 0 Å². The molecule has 0 saturated carbocycles. The molecule has 33 heavy (non-hydrogen) atoms. The molecular formula is C25H26N4O4. The molecule has 1 amide bonds. The lowest BCUT2D eigenvalue weighted by atomic mass is 10.1. The number of H-pyrrole nitrogens is 1. The molecule has 1 aliphatic heterocycles. The van der Waals surface area contributed by atoms with Crippen molar-refractivity contribution in [3.63, 3.8) is 0 Å². The quantitative estimate of drug-likeness (QED) is 0.421. The van der Waals surface area contributed by atoms with Crippen molar-refractivity contribution in [3.8, 4) is 11.4 Å². The van der Waals surface area contributed by atoms with Crippen LogP contribution in [0.15, 0.2) is 41.2 Å². The van der Waals surface area contributed by atoms with Crippen molar-refractivity contribution >= 4 is 29.2 Å². The van der Waals surface area contributed by atoms with E-state index in [1.54, 1.807) is 41.8 Å². The number of nitrogens with one attached hydrogen (secondary N) is 2.